The molecule has 0 amide bonds. The van der Waals surface area contributed by atoms with Gasteiger partial charge in [-0.3, -0.25) is 9.37 Å². The third-order valence-corrected chi connectivity index (χ3v) is 3.91. The van der Waals surface area contributed by atoms with E-state index in [4.69, 9.17) is 4.74 Å². The van der Waals surface area contributed by atoms with Gasteiger partial charge in [-0.15, -0.1) is 0 Å². The minimum atomic E-state index is -1.17. The van der Waals surface area contributed by atoms with Crippen molar-refractivity contribution in [3.8, 4) is 0 Å². The van der Waals surface area contributed by atoms with Crippen molar-refractivity contribution in [3.63, 3.8) is 0 Å². The summed E-state index contributed by atoms with van der Waals surface area (Å²) in [6, 6.07) is 3.16. The van der Waals surface area contributed by atoms with Crippen molar-refractivity contribution >= 4 is 27.2 Å². The second kappa shape index (κ2) is 11.5. The number of ether oxygens (including phenoxy) is 1. The third-order valence-electron chi connectivity index (χ3n) is 3.52. The molecule has 0 saturated carbocycles. The first-order chi connectivity index (χ1) is 13.5. The molecule has 0 aliphatic carbocycles. The lowest BCUT2D eigenvalue weighted by Crippen LogP contribution is -2.37. The van der Waals surface area contributed by atoms with Crippen LogP contribution in [0, 0.1) is 5.82 Å². The average molecular weight is 414 g/mol. The molecule has 2 atom stereocenters. The molecule has 2 aromatic rings. The number of aromatic nitrogens is 3. The zero-order valence-corrected chi connectivity index (χ0v) is 16.5. The van der Waals surface area contributed by atoms with Gasteiger partial charge in [0.25, 0.3) is 0 Å². The number of anilines is 2. The standard InChI is InChI=1S/C15H17F2N6OP.C2H5F/c16-12-9-19-15(21-14(12)23-3-5-24-6-4-23)22-20-8-11-7-10(13(17)25)1-2-18-11;1-2-3/h1-2,7-9,13H,3-6,25H2,(H,19,21,22);2H2,1H3/b20-8-;. The highest BCUT2D eigenvalue weighted by Crippen LogP contribution is 2.23. The van der Waals surface area contributed by atoms with Crippen LogP contribution < -0.4 is 10.3 Å². The van der Waals surface area contributed by atoms with Gasteiger partial charge >= 0.3 is 0 Å². The Kier molecular flexibility index (Phi) is 9.03. The SMILES string of the molecule is CCF.Fc1cnc(N/N=C\c2cc(C(F)P)ccn2)nc1N1CCOCC1. The molecule has 11 heteroatoms. The fraction of sp³-hybridized carbons (Fsp3) is 0.412. The summed E-state index contributed by atoms with van der Waals surface area (Å²) in [5.41, 5.74) is 3.59. The molecule has 2 unspecified atom stereocenters. The number of rotatable bonds is 5. The summed E-state index contributed by atoms with van der Waals surface area (Å²) < 4.78 is 42.7. The first-order valence-corrected chi connectivity index (χ1v) is 9.27. The maximum Gasteiger partial charge on any atom is 0.245 e. The maximum absolute atomic E-state index is 13.9. The maximum atomic E-state index is 13.9. The lowest BCUT2D eigenvalue weighted by molar-refractivity contribution is 0.122. The fourth-order valence-electron chi connectivity index (χ4n) is 2.27. The Bertz CT molecular complexity index is 774. The first-order valence-electron chi connectivity index (χ1n) is 8.61. The molecular formula is C17H22F3N6OP. The van der Waals surface area contributed by atoms with Crippen molar-refractivity contribution in [2.24, 2.45) is 5.10 Å². The van der Waals surface area contributed by atoms with Crippen LogP contribution in [0.1, 0.15) is 24.1 Å². The number of hydrazone groups is 1. The van der Waals surface area contributed by atoms with E-state index in [0.29, 0.717) is 37.6 Å². The Morgan fingerprint density at radius 1 is 1.39 bits per heavy atom. The molecular weight excluding hydrogens is 392 g/mol. The lowest BCUT2D eigenvalue weighted by Gasteiger charge is -2.27. The quantitative estimate of drug-likeness (QED) is 0.460. The molecule has 0 radical (unpaired) electrons. The second-order valence-electron chi connectivity index (χ2n) is 5.52. The summed E-state index contributed by atoms with van der Waals surface area (Å²) in [7, 11) is 2.07. The van der Waals surface area contributed by atoms with Gasteiger partial charge in [-0.1, -0.05) is 9.24 Å². The van der Waals surface area contributed by atoms with Gasteiger partial charge in [-0.05, 0) is 24.6 Å². The van der Waals surface area contributed by atoms with Gasteiger partial charge in [0.1, 0.15) is 5.91 Å². The van der Waals surface area contributed by atoms with Gasteiger partial charge in [-0.2, -0.15) is 10.1 Å². The lowest BCUT2D eigenvalue weighted by atomic mass is 10.2. The molecule has 0 aromatic carbocycles. The van der Waals surface area contributed by atoms with E-state index in [1.807, 2.05) is 0 Å². The number of pyridine rings is 1. The molecule has 2 aromatic heterocycles. The van der Waals surface area contributed by atoms with Crippen LogP contribution in [0.15, 0.2) is 29.6 Å². The number of nitrogens with one attached hydrogen (secondary N) is 1. The largest absolute Gasteiger partial charge is 0.378 e. The van der Waals surface area contributed by atoms with Crippen LogP contribution in [0.3, 0.4) is 0 Å². The molecule has 28 heavy (non-hydrogen) atoms. The van der Waals surface area contributed by atoms with Crippen LogP contribution in [0.4, 0.5) is 24.9 Å². The van der Waals surface area contributed by atoms with E-state index in [1.54, 1.807) is 17.0 Å². The third kappa shape index (κ3) is 6.69. The first kappa shape index (κ1) is 22.0. The Morgan fingerprint density at radius 3 is 2.79 bits per heavy atom. The van der Waals surface area contributed by atoms with Gasteiger partial charge in [0.2, 0.25) is 5.95 Å². The van der Waals surface area contributed by atoms with E-state index in [1.165, 1.54) is 19.3 Å². The molecule has 1 fully saturated rings. The fourth-order valence-corrected chi connectivity index (χ4v) is 2.48. The van der Waals surface area contributed by atoms with Gasteiger partial charge in [0.05, 0.1) is 38.0 Å². The number of hydrogen-bond donors (Lipinski definition) is 1. The van der Waals surface area contributed by atoms with Crippen molar-refractivity contribution in [2.45, 2.75) is 12.8 Å². The van der Waals surface area contributed by atoms with Gasteiger partial charge in [0, 0.05) is 19.3 Å². The van der Waals surface area contributed by atoms with Crippen molar-refractivity contribution < 1.29 is 17.9 Å². The zero-order chi connectivity index (χ0) is 20.4. The summed E-state index contributed by atoms with van der Waals surface area (Å²) in [5.74, 6) is -1.30. The molecule has 1 saturated heterocycles. The van der Waals surface area contributed by atoms with Crippen LogP contribution in [0.25, 0.3) is 0 Å². The number of alkyl halides is 2. The van der Waals surface area contributed by atoms with E-state index in [0.717, 1.165) is 6.20 Å². The summed E-state index contributed by atoms with van der Waals surface area (Å²) >= 11 is 0. The van der Waals surface area contributed by atoms with Gasteiger partial charge < -0.3 is 9.64 Å². The number of hydrogen-bond acceptors (Lipinski definition) is 7. The summed E-state index contributed by atoms with van der Waals surface area (Å²) in [6.07, 6.45) is 4.01. The smallest absolute Gasteiger partial charge is 0.245 e. The molecule has 0 spiro atoms. The summed E-state index contributed by atoms with van der Waals surface area (Å²) in [6.45, 7) is 3.38. The van der Waals surface area contributed by atoms with Gasteiger partial charge in [-0.25, -0.2) is 19.2 Å². The number of nitrogens with zero attached hydrogens (tertiary/aromatic N) is 5. The zero-order valence-electron chi connectivity index (χ0n) is 15.4. The van der Waals surface area contributed by atoms with Crippen molar-refractivity contribution in [1.82, 2.24) is 15.0 Å². The van der Waals surface area contributed by atoms with Crippen LogP contribution in [0.2, 0.25) is 0 Å². The average Bonchev–Trinajstić information content (AvgIpc) is 2.71. The Morgan fingerprint density at radius 2 is 2.11 bits per heavy atom. The van der Waals surface area contributed by atoms with Crippen LogP contribution in [-0.2, 0) is 4.74 Å². The highest BCUT2D eigenvalue weighted by atomic mass is 31.0. The van der Waals surface area contributed by atoms with Crippen molar-refractivity contribution in [2.75, 3.05) is 43.3 Å². The highest BCUT2D eigenvalue weighted by molar-refractivity contribution is 7.16. The number of halogens is 3. The van der Waals surface area contributed by atoms with Crippen LogP contribution in [0.5, 0.6) is 0 Å². The second-order valence-corrected chi connectivity index (χ2v) is 6.10. The van der Waals surface area contributed by atoms with Crippen molar-refractivity contribution in [1.29, 1.82) is 0 Å². The predicted octanol–water partition coefficient (Wildman–Crippen LogP) is 3.11. The van der Waals surface area contributed by atoms with E-state index in [9.17, 15) is 13.2 Å². The van der Waals surface area contributed by atoms with Crippen molar-refractivity contribution in [3.05, 3.63) is 41.6 Å². The Hall–Kier alpha value is -2.32. The Labute approximate surface area is 163 Å². The van der Waals surface area contributed by atoms with E-state index in [2.05, 4.69) is 34.7 Å². The number of morpholine rings is 1. The molecule has 1 N–H and O–H groups in total. The minimum Gasteiger partial charge on any atom is -0.378 e. The van der Waals surface area contributed by atoms with Crippen LogP contribution in [-0.4, -0.2) is 54.1 Å². The molecule has 0 bridgehead atoms. The predicted molar refractivity (Wildman–Crippen MR) is 106 cm³/mol. The molecule has 152 valence electrons. The molecule has 3 rings (SSSR count). The van der Waals surface area contributed by atoms with E-state index in [-0.39, 0.29) is 18.4 Å². The van der Waals surface area contributed by atoms with E-state index >= 15 is 0 Å². The monoisotopic (exact) mass is 414 g/mol. The van der Waals surface area contributed by atoms with Crippen LogP contribution >= 0.6 is 9.24 Å². The molecule has 1 aliphatic rings. The Balaban J connectivity index is 0.000000878. The highest BCUT2D eigenvalue weighted by Gasteiger charge is 2.17. The molecule has 1 aliphatic heterocycles. The topological polar surface area (TPSA) is 75.5 Å². The summed E-state index contributed by atoms with van der Waals surface area (Å²) in [4.78, 5) is 13.9. The molecule has 3 heterocycles. The molecule has 7 nitrogen and oxygen atoms in total. The summed E-state index contributed by atoms with van der Waals surface area (Å²) in [5, 5.41) is 3.97. The van der Waals surface area contributed by atoms with E-state index < -0.39 is 11.7 Å². The van der Waals surface area contributed by atoms with Gasteiger partial charge in [0.15, 0.2) is 11.6 Å². The normalized spacial score (nSPS) is 15.1. The minimum absolute atomic E-state index is 0.157.